The topological polar surface area (TPSA) is 39.2 Å². The molecule has 1 atom stereocenters. The molecular formula is C12H17NO2S. The van der Waals surface area contributed by atoms with Crippen molar-refractivity contribution in [1.29, 1.82) is 0 Å². The number of aryl methyl sites for hydroxylation is 1. The molecule has 0 N–H and O–H groups in total. The van der Waals surface area contributed by atoms with Crippen LogP contribution in [0.4, 0.5) is 0 Å². The van der Waals surface area contributed by atoms with E-state index in [1.54, 1.807) is 24.2 Å². The maximum absolute atomic E-state index is 11.1. The number of carbonyl (C=O) groups is 1. The number of thioether (sulfide) groups is 1. The van der Waals surface area contributed by atoms with E-state index in [1.165, 1.54) is 12.7 Å². The van der Waals surface area contributed by atoms with E-state index < -0.39 is 0 Å². The molecule has 0 radical (unpaired) electrons. The first-order chi connectivity index (χ1) is 7.74. The fourth-order valence-corrected chi connectivity index (χ4v) is 2.31. The van der Waals surface area contributed by atoms with Gasteiger partial charge in [-0.1, -0.05) is 6.92 Å². The predicted octanol–water partition coefficient (Wildman–Crippen LogP) is 2.17. The van der Waals surface area contributed by atoms with Gasteiger partial charge in [0.1, 0.15) is 0 Å². The van der Waals surface area contributed by atoms with Crippen LogP contribution in [0.2, 0.25) is 0 Å². The number of hydrogen-bond acceptors (Lipinski definition) is 4. The number of methoxy groups -OCH3 is 1. The van der Waals surface area contributed by atoms with Crippen LogP contribution < -0.4 is 0 Å². The van der Waals surface area contributed by atoms with Crippen molar-refractivity contribution >= 4 is 17.7 Å². The van der Waals surface area contributed by atoms with Crippen LogP contribution in [0.25, 0.3) is 0 Å². The van der Waals surface area contributed by atoms with Gasteiger partial charge in [-0.15, -0.1) is 0 Å². The summed E-state index contributed by atoms with van der Waals surface area (Å²) in [5, 5.41) is 0. The van der Waals surface area contributed by atoms with Crippen LogP contribution in [0.1, 0.15) is 12.5 Å². The number of hydrogen-bond donors (Lipinski definition) is 0. The Kier molecular flexibility index (Phi) is 5.93. The van der Waals surface area contributed by atoms with E-state index >= 15 is 0 Å². The minimum atomic E-state index is -0.128. The molecule has 3 nitrogen and oxygen atoms in total. The van der Waals surface area contributed by atoms with E-state index in [0.29, 0.717) is 0 Å². The smallest absolute Gasteiger partial charge is 0.309 e. The molecular weight excluding hydrogens is 222 g/mol. The zero-order valence-corrected chi connectivity index (χ0v) is 10.5. The Morgan fingerprint density at radius 2 is 2.19 bits per heavy atom. The van der Waals surface area contributed by atoms with Gasteiger partial charge in [0.25, 0.3) is 0 Å². The van der Waals surface area contributed by atoms with E-state index in [9.17, 15) is 4.79 Å². The van der Waals surface area contributed by atoms with Crippen LogP contribution in [-0.4, -0.2) is 29.6 Å². The summed E-state index contributed by atoms with van der Waals surface area (Å²) in [4.78, 5) is 15.1. The molecule has 1 aromatic heterocycles. The number of esters is 1. The third-order valence-electron chi connectivity index (χ3n) is 2.26. The number of carbonyl (C=O) groups excluding carboxylic acids is 1. The fraction of sp³-hybridized carbons (Fsp3) is 0.500. The standard InChI is InChI=1S/C12H17NO2S/c1-10(12(14)15-2)9-16-8-5-11-3-6-13-7-4-11/h3-4,6-7,10H,5,8-9H2,1-2H3. The fourth-order valence-electron chi connectivity index (χ4n) is 1.27. The van der Waals surface area contributed by atoms with E-state index in [2.05, 4.69) is 9.72 Å². The van der Waals surface area contributed by atoms with Gasteiger partial charge in [-0.3, -0.25) is 9.78 Å². The minimum absolute atomic E-state index is 0.0209. The lowest BCUT2D eigenvalue weighted by Crippen LogP contribution is -2.15. The second-order valence-corrected chi connectivity index (χ2v) is 4.75. The average Bonchev–Trinajstić information content (AvgIpc) is 2.34. The van der Waals surface area contributed by atoms with Crippen LogP contribution in [0.5, 0.6) is 0 Å². The summed E-state index contributed by atoms with van der Waals surface area (Å²) >= 11 is 1.78. The summed E-state index contributed by atoms with van der Waals surface area (Å²) in [6, 6.07) is 4.04. The van der Waals surface area contributed by atoms with Gasteiger partial charge in [-0.05, 0) is 29.9 Å². The Morgan fingerprint density at radius 1 is 1.50 bits per heavy atom. The summed E-state index contributed by atoms with van der Waals surface area (Å²) in [7, 11) is 1.43. The Labute approximate surface area is 101 Å². The van der Waals surface area contributed by atoms with Crippen molar-refractivity contribution in [2.45, 2.75) is 13.3 Å². The van der Waals surface area contributed by atoms with Crippen molar-refractivity contribution in [3.63, 3.8) is 0 Å². The highest BCUT2D eigenvalue weighted by Gasteiger charge is 2.12. The number of nitrogens with zero attached hydrogens (tertiary/aromatic N) is 1. The highest BCUT2D eigenvalue weighted by atomic mass is 32.2. The Hall–Kier alpha value is -1.03. The van der Waals surface area contributed by atoms with E-state index in [4.69, 9.17) is 0 Å². The maximum Gasteiger partial charge on any atom is 0.309 e. The Balaban J connectivity index is 2.15. The van der Waals surface area contributed by atoms with Crippen LogP contribution in [-0.2, 0) is 16.0 Å². The van der Waals surface area contributed by atoms with Crippen molar-refractivity contribution in [2.75, 3.05) is 18.6 Å². The molecule has 0 amide bonds. The molecule has 0 bridgehead atoms. The number of aromatic nitrogens is 1. The third-order valence-corrected chi connectivity index (χ3v) is 3.48. The monoisotopic (exact) mass is 239 g/mol. The van der Waals surface area contributed by atoms with Gasteiger partial charge in [-0.25, -0.2) is 0 Å². The highest BCUT2D eigenvalue weighted by Crippen LogP contribution is 2.11. The average molecular weight is 239 g/mol. The second kappa shape index (κ2) is 7.28. The van der Waals surface area contributed by atoms with Crippen molar-refractivity contribution in [3.8, 4) is 0 Å². The van der Waals surface area contributed by atoms with Gasteiger partial charge in [-0.2, -0.15) is 11.8 Å². The summed E-state index contributed by atoms with van der Waals surface area (Å²) in [6.45, 7) is 1.89. The maximum atomic E-state index is 11.1. The lowest BCUT2D eigenvalue weighted by atomic mass is 10.2. The lowest BCUT2D eigenvalue weighted by Gasteiger charge is -2.08. The molecule has 16 heavy (non-hydrogen) atoms. The molecule has 0 aliphatic carbocycles. The van der Waals surface area contributed by atoms with E-state index in [0.717, 1.165) is 17.9 Å². The molecule has 1 unspecified atom stereocenters. The van der Waals surface area contributed by atoms with Crippen molar-refractivity contribution in [2.24, 2.45) is 5.92 Å². The van der Waals surface area contributed by atoms with Crippen molar-refractivity contribution in [1.82, 2.24) is 4.98 Å². The molecule has 1 rings (SSSR count). The van der Waals surface area contributed by atoms with Gasteiger partial charge in [0.05, 0.1) is 13.0 Å². The molecule has 1 heterocycles. The molecule has 4 heteroatoms. The summed E-state index contributed by atoms with van der Waals surface area (Å²) in [5.74, 6) is 1.69. The lowest BCUT2D eigenvalue weighted by molar-refractivity contribution is -0.143. The Morgan fingerprint density at radius 3 is 2.81 bits per heavy atom. The Bertz CT molecular complexity index is 316. The van der Waals surface area contributed by atoms with Crippen LogP contribution in [0, 0.1) is 5.92 Å². The predicted molar refractivity (Wildman–Crippen MR) is 66.4 cm³/mol. The molecule has 0 spiro atoms. The first kappa shape index (κ1) is 13.0. The molecule has 0 aliphatic rings. The molecule has 1 aromatic rings. The van der Waals surface area contributed by atoms with E-state index in [1.807, 2.05) is 19.1 Å². The number of ether oxygens (including phenoxy) is 1. The van der Waals surface area contributed by atoms with Crippen LogP contribution in [0.3, 0.4) is 0 Å². The largest absolute Gasteiger partial charge is 0.469 e. The first-order valence-electron chi connectivity index (χ1n) is 5.28. The van der Waals surface area contributed by atoms with Gasteiger partial charge in [0.15, 0.2) is 0 Å². The van der Waals surface area contributed by atoms with Gasteiger partial charge < -0.3 is 4.74 Å². The third kappa shape index (κ3) is 4.66. The highest BCUT2D eigenvalue weighted by molar-refractivity contribution is 7.99. The normalized spacial score (nSPS) is 12.1. The molecule has 0 aliphatic heterocycles. The van der Waals surface area contributed by atoms with Gasteiger partial charge >= 0.3 is 5.97 Å². The minimum Gasteiger partial charge on any atom is -0.469 e. The molecule has 0 saturated carbocycles. The second-order valence-electron chi connectivity index (χ2n) is 3.60. The molecule has 0 saturated heterocycles. The van der Waals surface area contributed by atoms with Crippen molar-refractivity contribution < 1.29 is 9.53 Å². The van der Waals surface area contributed by atoms with Crippen LogP contribution >= 0.6 is 11.8 Å². The molecule has 0 fully saturated rings. The zero-order chi connectivity index (χ0) is 11.8. The molecule has 0 aromatic carbocycles. The van der Waals surface area contributed by atoms with Crippen LogP contribution in [0.15, 0.2) is 24.5 Å². The van der Waals surface area contributed by atoms with E-state index in [-0.39, 0.29) is 11.9 Å². The van der Waals surface area contributed by atoms with Gasteiger partial charge in [0.2, 0.25) is 0 Å². The summed E-state index contributed by atoms with van der Waals surface area (Å²) < 4.78 is 4.67. The summed E-state index contributed by atoms with van der Waals surface area (Å²) in [6.07, 6.45) is 4.62. The van der Waals surface area contributed by atoms with Crippen molar-refractivity contribution in [3.05, 3.63) is 30.1 Å². The quantitative estimate of drug-likeness (QED) is 0.563. The zero-order valence-electron chi connectivity index (χ0n) is 9.68. The summed E-state index contributed by atoms with van der Waals surface area (Å²) in [5.41, 5.74) is 1.29. The van der Waals surface area contributed by atoms with Gasteiger partial charge in [0, 0.05) is 18.1 Å². The molecule has 88 valence electrons. The SMILES string of the molecule is COC(=O)C(C)CSCCc1ccncc1. The number of pyridine rings is 1. The number of rotatable bonds is 6. The first-order valence-corrected chi connectivity index (χ1v) is 6.44.